The monoisotopic (exact) mass is 491 g/mol. The van der Waals surface area contributed by atoms with Gasteiger partial charge in [-0.15, -0.1) is 24.5 Å². The van der Waals surface area contributed by atoms with Gasteiger partial charge >= 0.3 is 6.36 Å². The molecular weight excluding hydrogens is 479 g/mol. The van der Waals surface area contributed by atoms with Gasteiger partial charge in [0.25, 0.3) is 15.9 Å². The largest absolute Gasteiger partial charge is 0.573 e. The summed E-state index contributed by atoms with van der Waals surface area (Å²) in [7, 11) is -3.84. The first-order chi connectivity index (χ1) is 14.5. The number of nitrogens with zero attached hydrogens (tertiary/aromatic N) is 1. The Kier molecular flexibility index (Phi) is 6.72. The number of carbonyl (C=O) groups excluding carboxylic acids is 1. The van der Waals surface area contributed by atoms with Crippen LogP contribution in [0.3, 0.4) is 0 Å². The quantitative estimate of drug-likeness (QED) is 0.509. The van der Waals surface area contributed by atoms with Gasteiger partial charge in [0.2, 0.25) is 0 Å². The van der Waals surface area contributed by atoms with Crippen LogP contribution >= 0.6 is 22.9 Å². The lowest BCUT2D eigenvalue weighted by atomic mass is 10.2. The fourth-order valence-electron chi connectivity index (χ4n) is 2.38. The summed E-state index contributed by atoms with van der Waals surface area (Å²) < 4.78 is 67.5. The molecule has 1 aromatic heterocycles. The predicted octanol–water partition coefficient (Wildman–Crippen LogP) is 4.43. The van der Waals surface area contributed by atoms with E-state index in [9.17, 15) is 26.4 Å². The number of halogens is 4. The number of sulfonamides is 1. The third kappa shape index (κ3) is 6.32. The molecular formula is C18H13ClF3N3O4S2. The molecule has 13 heteroatoms. The predicted molar refractivity (Wildman–Crippen MR) is 109 cm³/mol. The Morgan fingerprint density at radius 1 is 1.16 bits per heavy atom. The van der Waals surface area contributed by atoms with Crippen LogP contribution in [0.1, 0.15) is 15.9 Å². The van der Waals surface area contributed by atoms with Crippen LogP contribution in [-0.2, 0) is 16.6 Å². The van der Waals surface area contributed by atoms with Crippen molar-refractivity contribution in [3.05, 3.63) is 70.2 Å². The van der Waals surface area contributed by atoms with Gasteiger partial charge in [-0.3, -0.25) is 9.52 Å². The number of alkyl halides is 3. The van der Waals surface area contributed by atoms with Crippen molar-refractivity contribution in [2.24, 2.45) is 0 Å². The number of carbonyl (C=O) groups is 1. The zero-order valence-electron chi connectivity index (χ0n) is 15.3. The first-order valence-corrected chi connectivity index (χ1v) is 11.1. The Morgan fingerprint density at radius 3 is 2.45 bits per heavy atom. The van der Waals surface area contributed by atoms with E-state index in [0.29, 0.717) is 5.56 Å². The van der Waals surface area contributed by atoms with E-state index in [1.807, 2.05) is 0 Å². The third-order valence-corrected chi connectivity index (χ3v) is 6.22. The van der Waals surface area contributed by atoms with Gasteiger partial charge in [-0.05, 0) is 42.0 Å². The van der Waals surface area contributed by atoms with Crippen molar-refractivity contribution in [3.63, 3.8) is 0 Å². The molecule has 0 fully saturated rings. The molecule has 31 heavy (non-hydrogen) atoms. The Balaban J connectivity index is 1.61. The van der Waals surface area contributed by atoms with E-state index >= 15 is 0 Å². The van der Waals surface area contributed by atoms with Gasteiger partial charge in [-0.25, -0.2) is 13.4 Å². The second kappa shape index (κ2) is 9.12. The molecule has 0 aliphatic carbocycles. The maximum Gasteiger partial charge on any atom is 0.573 e. The third-order valence-electron chi connectivity index (χ3n) is 3.76. The highest BCUT2D eigenvalue weighted by Crippen LogP contribution is 2.30. The average Bonchev–Trinajstić information content (AvgIpc) is 3.19. The molecule has 3 aromatic rings. The summed E-state index contributed by atoms with van der Waals surface area (Å²) in [6.07, 6.45) is -3.41. The van der Waals surface area contributed by atoms with Crippen molar-refractivity contribution in [2.45, 2.75) is 17.8 Å². The summed E-state index contributed by atoms with van der Waals surface area (Å²) in [5, 5.41) is 4.15. The highest BCUT2D eigenvalue weighted by molar-refractivity contribution is 7.93. The molecule has 0 radical (unpaired) electrons. The van der Waals surface area contributed by atoms with E-state index < -0.39 is 28.0 Å². The molecule has 0 saturated heterocycles. The van der Waals surface area contributed by atoms with Gasteiger partial charge in [0.1, 0.15) is 5.75 Å². The molecule has 0 unspecified atom stereocenters. The lowest BCUT2D eigenvalue weighted by Gasteiger charge is -2.12. The first-order valence-electron chi connectivity index (χ1n) is 8.38. The van der Waals surface area contributed by atoms with Gasteiger partial charge in [0.15, 0.2) is 5.13 Å². The molecule has 1 heterocycles. The highest BCUT2D eigenvalue weighted by atomic mass is 35.5. The molecule has 3 rings (SSSR count). The van der Waals surface area contributed by atoms with E-state index in [-0.39, 0.29) is 27.2 Å². The minimum Gasteiger partial charge on any atom is -0.404 e. The summed E-state index contributed by atoms with van der Waals surface area (Å²) in [5.41, 5.74) is 0.635. The number of nitrogens with one attached hydrogen (secondary N) is 2. The van der Waals surface area contributed by atoms with Crippen molar-refractivity contribution < 1.29 is 31.1 Å². The van der Waals surface area contributed by atoms with Crippen LogP contribution < -0.4 is 14.8 Å². The summed E-state index contributed by atoms with van der Waals surface area (Å²) in [6.45, 7) is -0.0174. The molecule has 2 aromatic carbocycles. The highest BCUT2D eigenvalue weighted by Gasteiger charge is 2.32. The van der Waals surface area contributed by atoms with E-state index in [4.69, 9.17) is 11.6 Å². The van der Waals surface area contributed by atoms with Crippen molar-refractivity contribution in [3.8, 4) is 5.75 Å². The number of ether oxygens (including phenoxy) is 1. The molecule has 0 atom stereocenters. The van der Waals surface area contributed by atoms with Gasteiger partial charge in [0, 0.05) is 23.7 Å². The van der Waals surface area contributed by atoms with Crippen LogP contribution in [0.5, 0.6) is 5.75 Å². The maximum absolute atomic E-state index is 12.3. The molecule has 164 valence electrons. The Morgan fingerprint density at radius 2 is 1.87 bits per heavy atom. The summed E-state index contributed by atoms with van der Waals surface area (Å²) in [4.78, 5) is 16.1. The summed E-state index contributed by atoms with van der Waals surface area (Å²) >= 11 is 6.90. The van der Waals surface area contributed by atoms with Crippen molar-refractivity contribution in [2.75, 3.05) is 4.72 Å². The van der Waals surface area contributed by atoms with Crippen LogP contribution in [0.2, 0.25) is 5.02 Å². The van der Waals surface area contributed by atoms with Crippen LogP contribution in [0, 0.1) is 0 Å². The standard InChI is InChI=1S/C18H13ClF3N3O4S2/c19-14-9-11(1-6-15(14)29-18(20,21)22)10-24-16(26)12-2-4-13(5-3-12)31(27,28)25-17-23-7-8-30-17/h1-9H,10H2,(H,23,25)(H,24,26). The number of hydrogen-bond donors (Lipinski definition) is 2. The SMILES string of the molecule is O=C(NCc1ccc(OC(F)(F)F)c(Cl)c1)c1ccc(S(=O)(=O)Nc2nccs2)cc1. The molecule has 1 amide bonds. The minimum atomic E-state index is -4.87. The maximum atomic E-state index is 12.3. The molecule has 7 nitrogen and oxygen atoms in total. The van der Waals surface area contributed by atoms with E-state index in [0.717, 1.165) is 17.4 Å². The van der Waals surface area contributed by atoms with Crippen LogP contribution in [0.15, 0.2) is 58.9 Å². The number of benzene rings is 2. The van der Waals surface area contributed by atoms with Gasteiger partial charge in [0.05, 0.1) is 9.92 Å². The zero-order chi connectivity index (χ0) is 22.6. The van der Waals surface area contributed by atoms with Gasteiger partial charge in [-0.1, -0.05) is 17.7 Å². The molecule has 0 saturated carbocycles. The number of amides is 1. The second-order valence-electron chi connectivity index (χ2n) is 5.96. The molecule has 0 bridgehead atoms. The average molecular weight is 492 g/mol. The molecule has 0 aliphatic heterocycles. The Bertz CT molecular complexity index is 1170. The number of thiazole rings is 1. The molecule has 2 N–H and O–H groups in total. The van der Waals surface area contributed by atoms with E-state index in [1.54, 1.807) is 5.38 Å². The Hall–Kier alpha value is -2.83. The lowest BCUT2D eigenvalue weighted by Crippen LogP contribution is -2.23. The number of hydrogen-bond acceptors (Lipinski definition) is 6. The lowest BCUT2D eigenvalue weighted by molar-refractivity contribution is -0.274. The topological polar surface area (TPSA) is 97.4 Å². The van der Waals surface area contributed by atoms with Crippen LogP contribution in [-0.4, -0.2) is 25.7 Å². The van der Waals surface area contributed by atoms with Gasteiger partial charge in [-0.2, -0.15) is 0 Å². The fraction of sp³-hybridized carbons (Fsp3) is 0.111. The van der Waals surface area contributed by atoms with Crippen LogP contribution in [0.25, 0.3) is 0 Å². The number of aromatic nitrogens is 1. The second-order valence-corrected chi connectivity index (χ2v) is 8.95. The van der Waals surface area contributed by atoms with Crippen molar-refractivity contribution >= 4 is 44.0 Å². The van der Waals surface area contributed by atoms with E-state index in [1.165, 1.54) is 42.6 Å². The Labute approximate surface area is 183 Å². The molecule has 0 spiro atoms. The summed E-state index contributed by atoms with van der Waals surface area (Å²) in [5.74, 6) is -1.06. The smallest absolute Gasteiger partial charge is 0.404 e. The van der Waals surface area contributed by atoms with Crippen molar-refractivity contribution in [1.82, 2.24) is 10.3 Å². The number of anilines is 1. The minimum absolute atomic E-state index is 0.0174. The fourth-order valence-corrected chi connectivity index (χ4v) is 4.41. The molecule has 0 aliphatic rings. The zero-order valence-corrected chi connectivity index (χ0v) is 17.7. The number of rotatable bonds is 7. The normalized spacial score (nSPS) is 11.7. The van der Waals surface area contributed by atoms with E-state index in [2.05, 4.69) is 19.8 Å². The van der Waals surface area contributed by atoms with Crippen LogP contribution in [0.4, 0.5) is 18.3 Å². The summed E-state index contributed by atoms with van der Waals surface area (Å²) in [6, 6.07) is 8.82. The van der Waals surface area contributed by atoms with Crippen molar-refractivity contribution in [1.29, 1.82) is 0 Å². The first kappa shape index (κ1) is 22.8. The van der Waals surface area contributed by atoms with Gasteiger partial charge < -0.3 is 10.1 Å².